The molecule has 1 N–H and O–H groups in total. The van der Waals surface area contributed by atoms with E-state index in [1.165, 1.54) is 4.90 Å². The first-order valence-corrected chi connectivity index (χ1v) is 4.81. The van der Waals surface area contributed by atoms with Crippen LogP contribution in [0.25, 0.3) is 0 Å². The third kappa shape index (κ3) is 2.34. The second-order valence-corrected chi connectivity index (χ2v) is 3.37. The van der Waals surface area contributed by atoms with Gasteiger partial charge >= 0.3 is 0 Å². The molecule has 0 bridgehead atoms. The van der Waals surface area contributed by atoms with Gasteiger partial charge in [-0.1, -0.05) is 12.2 Å². The molecule has 0 radical (unpaired) electrons. The van der Waals surface area contributed by atoms with E-state index in [0.29, 0.717) is 19.4 Å². The quantitative estimate of drug-likeness (QED) is 0.660. The van der Waals surface area contributed by atoms with Crippen LogP contribution in [0.2, 0.25) is 0 Å². The minimum absolute atomic E-state index is 0.0520. The summed E-state index contributed by atoms with van der Waals surface area (Å²) >= 11 is 0. The van der Waals surface area contributed by atoms with Crippen molar-refractivity contribution in [2.24, 2.45) is 0 Å². The Hall–Kier alpha value is -1.32. The van der Waals surface area contributed by atoms with Gasteiger partial charge in [-0.2, -0.15) is 0 Å². The Morgan fingerprint density at radius 3 is 2.93 bits per heavy atom. The first kappa shape index (κ1) is 10.8. The zero-order valence-corrected chi connectivity index (χ0v) is 8.62. The van der Waals surface area contributed by atoms with Gasteiger partial charge in [-0.3, -0.25) is 9.59 Å². The summed E-state index contributed by atoms with van der Waals surface area (Å²) in [5.74, 6) is -0.00682. The minimum atomic E-state index is -0.271. The second kappa shape index (κ2) is 4.79. The highest BCUT2D eigenvalue weighted by Crippen LogP contribution is 2.15. The summed E-state index contributed by atoms with van der Waals surface area (Å²) in [7, 11) is 1.68. The lowest BCUT2D eigenvalue weighted by Gasteiger charge is -2.18. The molecule has 1 unspecified atom stereocenters. The van der Waals surface area contributed by atoms with Crippen LogP contribution in [0.15, 0.2) is 12.2 Å². The molecule has 1 fully saturated rings. The molecule has 0 spiro atoms. The Bertz CT molecular complexity index is 261. The molecular weight excluding hydrogens is 180 g/mol. The number of hydrogen-bond donors (Lipinski definition) is 1. The average molecular weight is 196 g/mol. The second-order valence-electron chi connectivity index (χ2n) is 3.37. The van der Waals surface area contributed by atoms with Gasteiger partial charge in [0.05, 0.1) is 0 Å². The fourth-order valence-electron chi connectivity index (χ4n) is 1.51. The summed E-state index contributed by atoms with van der Waals surface area (Å²) in [5, 5.41) is 2.76. The molecule has 1 aliphatic heterocycles. The van der Waals surface area contributed by atoms with Crippen LogP contribution in [0, 0.1) is 0 Å². The SMILES string of the molecule is C/C=C/CNC(=O)C1CCC(=O)N1C. The lowest BCUT2D eigenvalue weighted by Crippen LogP contribution is -2.42. The Kier molecular flexibility index (Phi) is 3.68. The Balaban J connectivity index is 2.41. The van der Waals surface area contributed by atoms with Crippen molar-refractivity contribution in [2.75, 3.05) is 13.6 Å². The number of allylic oxidation sites excluding steroid dienone is 1. The van der Waals surface area contributed by atoms with Crippen LogP contribution < -0.4 is 5.32 Å². The Morgan fingerprint density at radius 1 is 1.71 bits per heavy atom. The van der Waals surface area contributed by atoms with Crippen LogP contribution in [-0.2, 0) is 9.59 Å². The van der Waals surface area contributed by atoms with E-state index in [1.807, 2.05) is 19.1 Å². The average Bonchev–Trinajstić information content (AvgIpc) is 2.48. The Morgan fingerprint density at radius 2 is 2.43 bits per heavy atom. The Labute approximate surface area is 84.0 Å². The molecule has 0 saturated carbocycles. The van der Waals surface area contributed by atoms with E-state index < -0.39 is 0 Å². The molecule has 2 amide bonds. The number of likely N-dealkylation sites (N-methyl/N-ethyl adjacent to an activating group) is 1. The zero-order chi connectivity index (χ0) is 10.6. The molecule has 0 aromatic carbocycles. The molecule has 1 saturated heterocycles. The van der Waals surface area contributed by atoms with E-state index >= 15 is 0 Å². The summed E-state index contributed by atoms with van der Waals surface area (Å²) in [6, 6.07) is -0.271. The maximum absolute atomic E-state index is 11.5. The van der Waals surface area contributed by atoms with Crippen LogP contribution >= 0.6 is 0 Å². The molecule has 1 atom stereocenters. The monoisotopic (exact) mass is 196 g/mol. The van der Waals surface area contributed by atoms with Crippen molar-refractivity contribution in [1.82, 2.24) is 10.2 Å². The van der Waals surface area contributed by atoms with Crippen molar-refractivity contribution < 1.29 is 9.59 Å². The zero-order valence-electron chi connectivity index (χ0n) is 8.62. The molecule has 4 heteroatoms. The molecule has 1 rings (SSSR count). The van der Waals surface area contributed by atoms with Crippen molar-refractivity contribution in [3.63, 3.8) is 0 Å². The third-order valence-electron chi connectivity index (χ3n) is 2.43. The van der Waals surface area contributed by atoms with E-state index in [4.69, 9.17) is 0 Å². The maximum Gasteiger partial charge on any atom is 0.243 e. The highest BCUT2D eigenvalue weighted by Gasteiger charge is 2.32. The predicted octanol–water partition coefficient (Wildman–Crippen LogP) is 0.299. The highest BCUT2D eigenvalue weighted by molar-refractivity contribution is 5.90. The molecule has 1 aliphatic rings. The van der Waals surface area contributed by atoms with Gasteiger partial charge in [0.2, 0.25) is 11.8 Å². The van der Waals surface area contributed by atoms with Crippen LogP contribution in [-0.4, -0.2) is 36.3 Å². The lowest BCUT2D eigenvalue weighted by atomic mass is 10.2. The lowest BCUT2D eigenvalue weighted by molar-refractivity contribution is -0.133. The molecular formula is C10H16N2O2. The molecule has 1 heterocycles. The first-order valence-electron chi connectivity index (χ1n) is 4.81. The standard InChI is InChI=1S/C10H16N2O2/c1-3-4-7-11-10(14)8-5-6-9(13)12(8)2/h3-4,8H,5-7H2,1-2H3,(H,11,14)/b4-3+. The topological polar surface area (TPSA) is 49.4 Å². The summed E-state index contributed by atoms with van der Waals surface area (Å²) in [5.41, 5.74) is 0. The fourth-order valence-corrected chi connectivity index (χ4v) is 1.51. The number of amides is 2. The van der Waals surface area contributed by atoms with E-state index in [2.05, 4.69) is 5.32 Å². The molecule has 78 valence electrons. The van der Waals surface area contributed by atoms with Gasteiger partial charge in [-0.15, -0.1) is 0 Å². The number of carbonyl (C=O) groups excluding carboxylic acids is 2. The summed E-state index contributed by atoms with van der Waals surface area (Å²) < 4.78 is 0. The summed E-state index contributed by atoms with van der Waals surface area (Å²) in [4.78, 5) is 24.2. The number of nitrogens with one attached hydrogen (secondary N) is 1. The maximum atomic E-state index is 11.5. The number of carbonyl (C=O) groups is 2. The van der Waals surface area contributed by atoms with Crippen molar-refractivity contribution in [2.45, 2.75) is 25.8 Å². The number of hydrogen-bond acceptors (Lipinski definition) is 2. The first-order chi connectivity index (χ1) is 6.66. The van der Waals surface area contributed by atoms with E-state index in [1.54, 1.807) is 7.05 Å². The molecule has 0 aromatic rings. The van der Waals surface area contributed by atoms with Gasteiger partial charge < -0.3 is 10.2 Å². The fraction of sp³-hybridized carbons (Fsp3) is 0.600. The van der Waals surface area contributed by atoms with E-state index in [0.717, 1.165) is 0 Å². The molecule has 4 nitrogen and oxygen atoms in total. The van der Waals surface area contributed by atoms with Crippen molar-refractivity contribution >= 4 is 11.8 Å². The summed E-state index contributed by atoms with van der Waals surface area (Å²) in [6.07, 6.45) is 4.87. The van der Waals surface area contributed by atoms with Crippen molar-refractivity contribution in [1.29, 1.82) is 0 Å². The minimum Gasteiger partial charge on any atom is -0.351 e. The van der Waals surface area contributed by atoms with Crippen LogP contribution in [0.4, 0.5) is 0 Å². The van der Waals surface area contributed by atoms with E-state index in [-0.39, 0.29) is 17.9 Å². The van der Waals surface area contributed by atoms with Gasteiger partial charge in [0.25, 0.3) is 0 Å². The van der Waals surface area contributed by atoms with Crippen molar-refractivity contribution in [3.05, 3.63) is 12.2 Å². The van der Waals surface area contributed by atoms with Gasteiger partial charge in [0, 0.05) is 20.0 Å². The van der Waals surface area contributed by atoms with Gasteiger partial charge in [-0.25, -0.2) is 0 Å². The predicted molar refractivity (Wildman–Crippen MR) is 53.6 cm³/mol. The largest absolute Gasteiger partial charge is 0.351 e. The number of likely N-dealkylation sites (tertiary alicyclic amines) is 1. The third-order valence-corrected chi connectivity index (χ3v) is 2.43. The van der Waals surface area contributed by atoms with Gasteiger partial charge in [-0.05, 0) is 13.3 Å². The van der Waals surface area contributed by atoms with Crippen molar-refractivity contribution in [3.8, 4) is 0 Å². The van der Waals surface area contributed by atoms with Crippen LogP contribution in [0.5, 0.6) is 0 Å². The van der Waals surface area contributed by atoms with Crippen LogP contribution in [0.1, 0.15) is 19.8 Å². The van der Waals surface area contributed by atoms with Crippen LogP contribution in [0.3, 0.4) is 0 Å². The summed E-state index contributed by atoms with van der Waals surface area (Å²) in [6.45, 7) is 2.44. The molecule has 0 aromatic heterocycles. The molecule has 14 heavy (non-hydrogen) atoms. The normalized spacial score (nSPS) is 22.0. The number of nitrogens with zero attached hydrogens (tertiary/aromatic N) is 1. The van der Waals surface area contributed by atoms with Gasteiger partial charge in [0.1, 0.15) is 6.04 Å². The number of rotatable bonds is 3. The highest BCUT2D eigenvalue weighted by atomic mass is 16.2. The smallest absolute Gasteiger partial charge is 0.243 e. The van der Waals surface area contributed by atoms with E-state index in [9.17, 15) is 9.59 Å². The van der Waals surface area contributed by atoms with Gasteiger partial charge in [0.15, 0.2) is 0 Å². The molecule has 0 aliphatic carbocycles.